The molecule has 18 heavy (non-hydrogen) atoms. The first kappa shape index (κ1) is 12.7. The Hall–Kier alpha value is -1.71. The van der Waals surface area contributed by atoms with E-state index < -0.39 is 5.97 Å². The van der Waals surface area contributed by atoms with Crippen molar-refractivity contribution < 1.29 is 9.90 Å². The smallest absolute Gasteiger partial charge is 0.337 e. The van der Waals surface area contributed by atoms with Gasteiger partial charge in [0.2, 0.25) is 0 Å². The Bertz CT molecular complexity index is 439. The van der Waals surface area contributed by atoms with Crippen LogP contribution in [0.25, 0.3) is 0 Å². The van der Waals surface area contributed by atoms with Crippen molar-refractivity contribution in [1.82, 2.24) is 0 Å². The first-order chi connectivity index (χ1) is 8.58. The molecule has 0 saturated heterocycles. The number of anilines is 2. The second kappa shape index (κ2) is 5.29. The molecule has 0 atom stereocenters. The van der Waals surface area contributed by atoms with E-state index in [0.717, 1.165) is 18.2 Å². The maximum Gasteiger partial charge on any atom is 0.337 e. The van der Waals surface area contributed by atoms with Gasteiger partial charge in [0.15, 0.2) is 0 Å². The summed E-state index contributed by atoms with van der Waals surface area (Å²) >= 11 is 0. The lowest BCUT2D eigenvalue weighted by atomic mass is 10.1. The molecule has 98 valence electrons. The Balaban J connectivity index is 2.11. The molecule has 0 aliphatic heterocycles. The molecule has 0 amide bonds. The zero-order valence-corrected chi connectivity index (χ0v) is 10.7. The first-order valence-corrected chi connectivity index (χ1v) is 6.42. The SMILES string of the molecule is CN(CC1CCCC1)c1ccc(N)c(C(=O)O)c1. The number of nitrogens with two attached hydrogens (primary N) is 1. The van der Waals surface area contributed by atoms with Gasteiger partial charge in [0.05, 0.1) is 5.56 Å². The van der Waals surface area contributed by atoms with Crippen molar-refractivity contribution in [3.63, 3.8) is 0 Å². The van der Waals surface area contributed by atoms with Crippen molar-refractivity contribution in [1.29, 1.82) is 0 Å². The monoisotopic (exact) mass is 248 g/mol. The Morgan fingerprint density at radius 2 is 2.11 bits per heavy atom. The number of hydrogen-bond donors (Lipinski definition) is 2. The molecule has 0 aromatic heterocycles. The lowest BCUT2D eigenvalue weighted by molar-refractivity contribution is 0.0698. The van der Waals surface area contributed by atoms with Gasteiger partial charge < -0.3 is 15.7 Å². The van der Waals surface area contributed by atoms with Crippen molar-refractivity contribution in [2.24, 2.45) is 5.92 Å². The van der Waals surface area contributed by atoms with E-state index in [-0.39, 0.29) is 5.56 Å². The van der Waals surface area contributed by atoms with Crippen molar-refractivity contribution in [2.45, 2.75) is 25.7 Å². The van der Waals surface area contributed by atoms with Gasteiger partial charge in [0.25, 0.3) is 0 Å². The lowest BCUT2D eigenvalue weighted by Gasteiger charge is -2.23. The molecule has 1 aliphatic rings. The van der Waals surface area contributed by atoms with E-state index >= 15 is 0 Å². The maximum atomic E-state index is 11.0. The van der Waals surface area contributed by atoms with Crippen LogP contribution in [-0.4, -0.2) is 24.7 Å². The molecule has 0 bridgehead atoms. The molecule has 2 rings (SSSR count). The summed E-state index contributed by atoms with van der Waals surface area (Å²) in [4.78, 5) is 13.2. The minimum Gasteiger partial charge on any atom is -0.478 e. The van der Waals surface area contributed by atoms with Crippen LogP contribution < -0.4 is 10.6 Å². The molecule has 1 aliphatic carbocycles. The van der Waals surface area contributed by atoms with Crippen LogP contribution in [0, 0.1) is 5.92 Å². The second-order valence-electron chi connectivity index (χ2n) is 5.11. The van der Waals surface area contributed by atoms with Gasteiger partial charge in [-0.3, -0.25) is 0 Å². The zero-order chi connectivity index (χ0) is 13.1. The van der Waals surface area contributed by atoms with Crippen LogP contribution in [-0.2, 0) is 0 Å². The highest BCUT2D eigenvalue weighted by molar-refractivity contribution is 5.94. The van der Waals surface area contributed by atoms with Gasteiger partial charge in [-0.1, -0.05) is 12.8 Å². The number of aromatic carboxylic acids is 1. The third-order valence-electron chi connectivity index (χ3n) is 3.71. The summed E-state index contributed by atoms with van der Waals surface area (Å²) in [6.07, 6.45) is 5.21. The topological polar surface area (TPSA) is 66.6 Å². The van der Waals surface area contributed by atoms with E-state index in [0.29, 0.717) is 5.69 Å². The van der Waals surface area contributed by atoms with Crippen LogP contribution in [0.1, 0.15) is 36.0 Å². The van der Waals surface area contributed by atoms with Crippen LogP contribution >= 0.6 is 0 Å². The standard InChI is InChI=1S/C14H20N2O2/c1-16(9-10-4-2-3-5-10)11-6-7-13(15)12(8-11)14(17)18/h6-8,10H,2-5,9,15H2,1H3,(H,17,18). The van der Waals surface area contributed by atoms with E-state index in [2.05, 4.69) is 4.90 Å². The number of rotatable bonds is 4. The third kappa shape index (κ3) is 2.75. The Labute approximate surface area is 107 Å². The Morgan fingerprint density at radius 3 is 2.72 bits per heavy atom. The molecule has 0 heterocycles. The molecule has 0 unspecified atom stereocenters. The van der Waals surface area contributed by atoms with Crippen LogP contribution in [0.5, 0.6) is 0 Å². The number of benzene rings is 1. The van der Waals surface area contributed by atoms with Crippen molar-refractivity contribution in [3.8, 4) is 0 Å². The summed E-state index contributed by atoms with van der Waals surface area (Å²) in [6.45, 7) is 0.989. The number of carboxylic acids is 1. The molecular formula is C14H20N2O2. The fourth-order valence-electron chi connectivity index (χ4n) is 2.65. The van der Waals surface area contributed by atoms with Crippen LogP contribution in [0.2, 0.25) is 0 Å². The minimum absolute atomic E-state index is 0.186. The van der Waals surface area contributed by atoms with E-state index in [1.807, 2.05) is 13.1 Å². The molecule has 1 saturated carbocycles. The van der Waals surface area contributed by atoms with Crippen LogP contribution in [0.15, 0.2) is 18.2 Å². The third-order valence-corrected chi connectivity index (χ3v) is 3.71. The molecular weight excluding hydrogens is 228 g/mol. The quantitative estimate of drug-likeness (QED) is 0.804. The predicted molar refractivity (Wildman–Crippen MR) is 73.0 cm³/mol. The number of carbonyl (C=O) groups is 1. The van der Waals surface area contributed by atoms with Gasteiger partial charge in [-0.2, -0.15) is 0 Å². The Kier molecular flexibility index (Phi) is 3.75. The average molecular weight is 248 g/mol. The van der Waals surface area contributed by atoms with E-state index in [1.54, 1.807) is 12.1 Å². The van der Waals surface area contributed by atoms with E-state index in [4.69, 9.17) is 10.8 Å². The molecule has 0 spiro atoms. The maximum absolute atomic E-state index is 11.0. The van der Waals surface area contributed by atoms with Gasteiger partial charge in [-0.15, -0.1) is 0 Å². The molecule has 3 N–H and O–H groups in total. The molecule has 0 radical (unpaired) electrons. The molecule has 4 heteroatoms. The van der Waals surface area contributed by atoms with Crippen LogP contribution in [0.3, 0.4) is 0 Å². The Morgan fingerprint density at radius 1 is 1.44 bits per heavy atom. The summed E-state index contributed by atoms with van der Waals surface area (Å²) in [6, 6.07) is 5.22. The van der Waals surface area contributed by atoms with Crippen molar-refractivity contribution in [3.05, 3.63) is 23.8 Å². The second-order valence-corrected chi connectivity index (χ2v) is 5.11. The van der Waals surface area contributed by atoms with Crippen molar-refractivity contribution >= 4 is 17.3 Å². The summed E-state index contributed by atoms with van der Waals surface area (Å²) in [5.74, 6) is -0.232. The summed E-state index contributed by atoms with van der Waals surface area (Å²) in [7, 11) is 2.01. The van der Waals surface area contributed by atoms with Crippen molar-refractivity contribution in [2.75, 3.05) is 24.2 Å². The lowest BCUT2D eigenvalue weighted by Crippen LogP contribution is -2.24. The number of hydrogen-bond acceptors (Lipinski definition) is 3. The van der Waals surface area contributed by atoms with Gasteiger partial charge in [0, 0.05) is 25.0 Å². The molecule has 1 fully saturated rings. The highest BCUT2D eigenvalue weighted by Gasteiger charge is 2.18. The van der Waals surface area contributed by atoms with Gasteiger partial charge in [-0.05, 0) is 37.0 Å². The summed E-state index contributed by atoms with van der Waals surface area (Å²) in [5, 5.41) is 9.06. The van der Waals surface area contributed by atoms with E-state index in [1.165, 1.54) is 25.7 Å². The summed E-state index contributed by atoms with van der Waals surface area (Å²) in [5.41, 5.74) is 7.09. The largest absolute Gasteiger partial charge is 0.478 e. The predicted octanol–water partition coefficient (Wildman–Crippen LogP) is 2.59. The fourth-order valence-corrected chi connectivity index (χ4v) is 2.65. The van der Waals surface area contributed by atoms with Gasteiger partial charge in [0.1, 0.15) is 0 Å². The highest BCUT2D eigenvalue weighted by atomic mass is 16.4. The number of nitrogen functional groups attached to an aromatic ring is 1. The zero-order valence-electron chi connectivity index (χ0n) is 10.7. The molecule has 4 nitrogen and oxygen atoms in total. The molecule has 1 aromatic carbocycles. The van der Waals surface area contributed by atoms with E-state index in [9.17, 15) is 4.79 Å². The summed E-state index contributed by atoms with van der Waals surface area (Å²) < 4.78 is 0. The van der Waals surface area contributed by atoms with Crippen LogP contribution in [0.4, 0.5) is 11.4 Å². The first-order valence-electron chi connectivity index (χ1n) is 6.42. The van der Waals surface area contributed by atoms with Gasteiger partial charge in [-0.25, -0.2) is 4.79 Å². The molecule has 1 aromatic rings. The number of nitrogens with zero attached hydrogens (tertiary/aromatic N) is 1. The normalized spacial score (nSPS) is 15.8. The van der Waals surface area contributed by atoms with Gasteiger partial charge >= 0.3 is 5.97 Å². The minimum atomic E-state index is -0.969. The fraction of sp³-hybridized carbons (Fsp3) is 0.500. The average Bonchev–Trinajstić information content (AvgIpc) is 2.81. The number of carboxylic acid groups (broad SMARTS) is 1. The highest BCUT2D eigenvalue weighted by Crippen LogP contribution is 2.28.